The number of sulfonamides is 1. The SMILES string of the molecule is CN(C)c1ccc2nc(-c3cc(NC(=O)c4ccc(NS(=O)(=O)CCC(=O)CO)cc4Cl)ccc3Cl)[nH]c2c1. The molecule has 0 unspecified atom stereocenters. The number of hydrogen-bond donors (Lipinski definition) is 4. The van der Waals surface area contributed by atoms with Crippen LogP contribution in [0.4, 0.5) is 17.1 Å². The predicted octanol–water partition coefficient (Wildman–Crippen LogP) is 4.55. The van der Waals surface area contributed by atoms with Gasteiger partial charge in [0.05, 0.1) is 32.4 Å². The molecule has 1 heterocycles. The van der Waals surface area contributed by atoms with E-state index < -0.39 is 34.1 Å². The molecular weight excluding hydrogens is 565 g/mol. The van der Waals surface area contributed by atoms with Crippen molar-refractivity contribution in [2.75, 3.05) is 41.4 Å². The highest BCUT2D eigenvalue weighted by Crippen LogP contribution is 2.32. The summed E-state index contributed by atoms with van der Waals surface area (Å²) in [6.45, 7) is -0.726. The zero-order valence-corrected chi connectivity index (χ0v) is 23.3. The topological polar surface area (TPSA) is 144 Å². The lowest BCUT2D eigenvalue weighted by Crippen LogP contribution is -2.20. The molecule has 0 spiro atoms. The number of anilines is 3. The van der Waals surface area contributed by atoms with Gasteiger partial charge in [-0.25, -0.2) is 13.4 Å². The van der Waals surface area contributed by atoms with Gasteiger partial charge in [-0.3, -0.25) is 14.3 Å². The summed E-state index contributed by atoms with van der Waals surface area (Å²) in [5.41, 5.74) is 3.90. The first-order valence-corrected chi connectivity index (χ1v) is 14.1. The molecule has 204 valence electrons. The minimum Gasteiger partial charge on any atom is -0.389 e. The van der Waals surface area contributed by atoms with Gasteiger partial charge >= 0.3 is 0 Å². The number of halogens is 2. The Hall–Kier alpha value is -3.64. The maximum atomic E-state index is 13.0. The van der Waals surface area contributed by atoms with Gasteiger partial charge in [0.1, 0.15) is 12.4 Å². The summed E-state index contributed by atoms with van der Waals surface area (Å²) >= 11 is 12.7. The van der Waals surface area contributed by atoms with Gasteiger partial charge in [-0.05, 0) is 54.6 Å². The van der Waals surface area contributed by atoms with Gasteiger partial charge in [0.25, 0.3) is 5.91 Å². The van der Waals surface area contributed by atoms with Crippen molar-refractivity contribution in [2.45, 2.75) is 6.42 Å². The van der Waals surface area contributed by atoms with Gasteiger partial charge in [-0.15, -0.1) is 0 Å². The number of hydrogen-bond acceptors (Lipinski definition) is 7. The lowest BCUT2D eigenvalue weighted by Gasteiger charge is -2.11. The third kappa shape index (κ3) is 6.87. The number of aromatic nitrogens is 2. The summed E-state index contributed by atoms with van der Waals surface area (Å²) in [5, 5.41) is 12.0. The molecule has 0 atom stereocenters. The van der Waals surface area contributed by atoms with Crippen LogP contribution in [0.5, 0.6) is 0 Å². The Morgan fingerprint density at radius 3 is 2.44 bits per heavy atom. The van der Waals surface area contributed by atoms with Gasteiger partial charge in [0.15, 0.2) is 5.78 Å². The lowest BCUT2D eigenvalue weighted by atomic mass is 10.1. The highest BCUT2D eigenvalue weighted by molar-refractivity contribution is 7.92. The molecule has 1 amide bonds. The van der Waals surface area contributed by atoms with E-state index in [1.54, 1.807) is 18.2 Å². The minimum atomic E-state index is -3.85. The number of ketones is 1. The molecule has 0 aliphatic rings. The second-order valence-corrected chi connectivity index (χ2v) is 11.5. The Bertz CT molecular complexity index is 1670. The average molecular weight is 590 g/mol. The number of aliphatic hydroxyl groups excluding tert-OH is 1. The standard InChI is InChI=1S/C26H25Cl2N5O5S/c1-33(2)17-5-8-23-24(13-17)31-25(30-23)20-11-15(4-7-21(20)27)29-26(36)19-6-3-16(12-22(19)28)32-39(37,38)10-9-18(35)14-34/h3-8,11-13,32,34H,9-10,14H2,1-2H3,(H,29,36)(H,30,31). The highest BCUT2D eigenvalue weighted by Gasteiger charge is 2.17. The van der Waals surface area contributed by atoms with E-state index in [4.69, 9.17) is 28.3 Å². The lowest BCUT2D eigenvalue weighted by molar-refractivity contribution is -0.121. The number of carbonyl (C=O) groups is 2. The maximum absolute atomic E-state index is 13.0. The number of benzene rings is 3. The predicted molar refractivity (Wildman–Crippen MR) is 154 cm³/mol. The van der Waals surface area contributed by atoms with Crippen molar-refractivity contribution in [1.82, 2.24) is 9.97 Å². The van der Waals surface area contributed by atoms with Gasteiger partial charge in [-0.2, -0.15) is 0 Å². The summed E-state index contributed by atoms with van der Waals surface area (Å²) in [6.07, 6.45) is -0.325. The first-order valence-electron chi connectivity index (χ1n) is 11.7. The molecule has 0 fully saturated rings. The fraction of sp³-hybridized carbons (Fsp3) is 0.192. The van der Waals surface area contributed by atoms with Crippen LogP contribution in [0.15, 0.2) is 54.6 Å². The van der Waals surface area contributed by atoms with Crippen molar-refractivity contribution in [2.24, 2.45) is 0 Å². The molecular formula is C26H25Cl2N5O5S. The fourth-order valence-electron chi connectivity index (χ4n) is 3.71. The van der Waals surface area contributed by atoms with E-state index in [9.17, 15) is 18.0 Å². The van der Waals surface area contributed by atoms with Crippen LogP contribution in [0.1, 0.15) is 16.8 Å². The molecule has 4 rings (SSSR count). The first-order chi connectivity index (χ1) is 18.5. The van der Waals surface area contributed by atoms with Crippen molar-refractivity contribution in [3.63, 3.8) is 0 Å². The average Bonchev–Trinajstić information content (AvgIpc) is 3.31. The maximum Gasteiger partial charge on any atom is 0.257 e. The Morgan fingerprint density at radius 2 is 1.74 bits per heavy atom. The normalized spacial score (nSPS) is 11.4. The van der Waals surface area contributed by atoms with Crippen molar-refractivity contribution < 1.29 is 23.1 Å². The number of H-pyrrole nitrogens is 1. The smallest absolute Gasteiger partial charge is 0.257 e. The molecule has 1 aromatic heterocycles. The molecule has 13 heteroatoms. The molecule has 0 bridgehead atoms. The molecule has 0 radical (unpaired) electrons. The number of Topliss-reactive ketones (excluding diaryl/α,β-unsaturated/α-hetero) is 1. The zero-order valence-electron chi connectivity index (χ0n) is 21.0. The number of imidazole rings is 1. The molecule has 0 aliphatic heterocycles. The number of amides is 1. The largest absolute Gasteiger partial charge is 0.389 e. The number of aromatic amines is 1. The van der Waals surface area contributed by atoms with Crippen LogP contribution in [0, 0.1) is 0 Å². The highest BCUT2D eigenvalue weighted by atomic mass is 35.5. The quantitative estimate of drug-likeness (QED) is 0.212. The van der Waals surface area contributed by atoms with Crippen molar-refractivity contribution >= 4 is 73.0 Å². The molecule has 4 aromatic rings. The second-order valence-electron chi connectivity index (χ2n) is 8.89. The van der Waals surface area contributed by atoms with E-state index in [-0.39, 0.29) is 22.7 Å². The number of nitrogens with one attached hydrogen (secondary N) is 3. The van der Waals surface area contributed by atoms with Crippen LogP contribution in [0.2, 0.25) is 10.0 Å². The minimum absolute atomic E-state index is 0.0160. The number of aliphatic hydroxyl groups is 1. The van der Waals surface area contributed by atoms with Crippen LogP contribution in [-0.2, 0) is 14.8 Å². The van der Waals surface area contributed by atoms with Crippen LogP contribution in [0.25, 0.3) is 22.4 Å². The van der Waals surface area contributed by atoms with Crippen molar-refractivity contribution in [3.05, 3.63) is 70.2 Å². The first kappa shape index (κ1) is 28.4. The number of carbonyl (C=O) groups excluding carboxylic acids is 2. The van der Waals surface area contributed by atoms with Crippen LogP contribution < -0.4 is 14.9 Å². The zero-order chi connectivity index (χ0) is 28.3. The summed E-state index contributed by atoms with van der Waals surface area (Å²) in [7, 11) is 0.0417. The van der Waals surface area contributed by atoms with E-state index >= 15 is 0 Å². The van der Waals surface area contributed by atoms with Crippen LogP contribution in [0.3, 0.4) is 0 Å². The van der Waals surface area contributed by atoms with Gasteiger partial charge in [-0.1, -0.05) is 23.2 Å². The van der Waals surface area contributed by atoms with Gasteiger partial charge < -0.3 is 20.3 Å². The van der Waals surface area contributed by atoms with Crippen molar-refractivity contribution in [1.29, 1.82) is 0 Å². The van der Waals surface area contributed by atoms with Crippen molar-refractivity contribution in [3.8, 4) is 11.4 Å². The third-order valence-corrected chi connectivity index (χ3v) is 7.70. The summed E-state index contributed by atoms with van der Waals surface area (Å²) in [4.78, 5) is 34.0. The Kier molecular flexibility index (Phi) is 8.45. The summed E-state index contributed by atoms with van der Waals surface area (Å²) in [6, 6.07) is 14.9. The van der Waals surface area contributed by atoms with Gasteiger partial charge in [0, 0.05) is 43.1 Å². The Morgan fingerprint density at radius 1 is 1.00 bits per heavy atom. The third-order valence-electron chi connectivity index (χ3n) is 5.77. The van der Waals surface area contributed by atoms with Gasteiger partial charge in [0.2, 0.25) is 10.0 Å². The van der Waals surface area contributed by atoms with Crippen LogP contribution in [-0.4, -0.2) is 61.6 Å². The molecule has 4 N–H and O–H groups in total. The van der Waals surface area contributed by atoms with E-state index in [0.717, 1.165) is 16.7 Å². The summed E-state index contributed by atoms with van der Waals surface area (Å²) < 4.78 is 26.7. The van der Waals surface area contributed by atoms with E-state index in [1.165, 1.54) is 18.2 Å². The molecule has 0 saturated heterocycles. The molecule has 3 aromatic carbocycles. The number of nitrogens with zero attached hydrogens (tertiary/aromatic N) is 2. The Balaban J connectivity index is 1.51. The number of rotatable bonds is 10. The second kappa shape index (κ2) is 11.6. The Labute approximate surface area is 235 Å². The van der Waals surface area contributed by atoms with Crippen LogP contribution >= 0.6 is 23.2 Å². The van der Waals surface area contributed by atoms with E-state index in [0.29, 0.717) is 22.1 Å². The molecule has 10 nitrogen and oxygen atoms in total. The molecule has 0 saturated carbocycles. The fourth-order valence-corrected chi connectivity index (χ4v) is 5.26. The van der Waals surface area contributed by atoms with E-state index in [2.05, 4.69) is 20.0 Å². The molecule has 0 aliphatic carbocycles. The van der Waals surface area contributed by atoms with E-state index in [1.807, 2.05) is 37.2 Å². The molecule has 39 heavy (non-hydrogen) atoms. The summed E-state index contributed by atoms with van der Waals surface area (Å²) in [5.74, 6) is -1.06. The monoisotopic (exact) mass is 589 g/mol. The number of fused-ring (bicyclic) bond motifs is 1.